The van der Waals surface area contributed by atoms with Crippen molar-refractivity contribution in [2.24, 2.45) is 0 Å². The molecule has 5 heteroatoms. The zero-order valence-corrected chi connectivity index (χ0v) is 7.66. The van der Waals surface area contributed by atoms with Crippen molar-refractivity contribution in [2.45, 2.75) is 0 Å². The van der Waals surface area contributed by atoms with Crippen molar-refractivity contribution in [3.05, 3.63) is 36.5 Å². The average Bonchev–Trinajstić information content (AvgIpc) is 2.85. The monoisotopic (exact) mass is 202 g/mol. The fourth-order valence-corrected chi connectivity index (χ4v) is 1.67. The Morgan fingerprint density at radius 1 is 1.13 bits per heavy atom. The van der Waals surface area contributed by atoms with E-state index in [1.54, 1.807) is 24.7 Å². The lowest BCUT2D eigenvalue weighted by atomic mass is 10.0. The Kier molecular flexibility index (Phi) is 1.58. The summed E-state index contributed by atoms with van der Waals surface area (Å²) in [4.78, 5) is 0. The van der Waals surface area contributed by atoms with Crippen LogP contribution >= 0.6 is 0 Å². The molecule has 1 aromatic carbocycles. The molecule has 0 unspecified atom stereocenters. The van der Waals surface area contributed by atoms with E-state index in [1.807, 2.05) is 0 Å². The molecule has 2 aromatic heterocycles. The van der Waals surface area contributed by atoms with E-state index >= 15 is 0 Å². The molecular formula is C10H7FN4. The van der Waals surface area contributed by atoms with Crippen molar-refractivity contribution in [3.63, 3.8) is 0 Å². The first kappa shape index (κ1) is 8.16. The highest BCUT2D eigenvalue weighted by Gasteiger charge is 2.11. The number of rotatable bonds is 1. The highest BCUT2D eigenvalue weighted by atomic mass is 19.1. The molecule has 0 bridgehead atoms. The molecular weight excluding hydrogens is 195 g/mol. The minimum Gasteiger partial charge on any atom is -0.285 e. The van der Waals surface area contributed by atoms with Gasteiger partial charge in [-0.1, -0.05) is 0 Å². The van der Waals surface area contributed by atoms with Crippen LogP contribution in [0.4, 0.5) is 4.39 Å². The van der Waals surface area contributed by atoms with E-state index in [0.717, 1.165) is 16.5 Å². The van der Waals surface area contributed by atoms with Crippen LogP contribution in [0.25, 0.3) is 22.0 Å². The normalized spacial score (nSPS) is 11.0. The van der Waals surface area contributed by atoms with E-state index in [-0.39, 0.29) is 5.82 Å². The van der Waals surface area contributed by atoms with Crippen molar-refractivity contribution < 1.29 is 4.39 Å². The van der Waals surface area contributed by atoms with Gasteiger partial charge in [-0.25, -0.2) is 4.39 Å². The van der Waals surface area contributed by atoms with Crippen LogP contribution in [0.15, 0.2) is 30.7 Å². The van der Waals surface area contributed by atoms with Gasteiger partial charge in [0.2, 0.25) is 0 Å². The molecule has 0 aliphatic heterocycles. The summed E-state index contributed by atoms with van der Waals surface area (Å²) in [5.41, 5.74) is 2.06. The lowest BCUT2D eigenvalue weighted by Gasteiger charge is -2.00. The Morgan fingerprint density at radius 2 is 2.07 bits per heavy atom. The number of H-pyrrole nitrogens is 2. The molecule has 0 aliphatic carbocycles. The smallest absolute Gasteiger partial charge is 0.131 e. The maximum absolute atomic E-state index is 13.7. The second-order valence-corrected chi connectivity index (χ2v) is 3.24. The molecule has 0 saturated heterocycles. The number of nitrogens with one attached hydrogen (secondary N) is 2. The molecule has 3 aromatic rings. The third-order valence-corrected chi connectivity index (χ3v) is 2.36. The topological polar surface area (TPSA) is 57.4 Å². The van der Waals surface area contributed by atoms with Gasteiger partial charge in [0.25, 0.3) is 0 Å². The van der Waals surface area contributed by atoms with Crippen LogP contribution < -0.4 is 0 Å². The third kappa shape index (κ3) is 1.13. The molecule has 2 N–H and O–H groups in total. The number of benzene rings is 1. The van der Waals surface area contributed by atoms with Crippen LogP contribution in [-0.2, 0) is 0 Å². The number of nitrogens with zero attached hydrogens (tertiary/aromatic N) is 2. The summed E-state index contributed by atoms with van der Waals surface area (Å²) in [6.07, 6.45) is 4.86. The number of fused-ring (bicyclic) bond motifs is 1. The first-order chi connectivity index (χ1) is 7.36. The Morgan fingerprint density at radius 3 is 2.87 bits per heavy atom. The van der Waals surface area contributed by atoms with Crippen LogP contribution in [0.1, 0.15) is 0 Å². The summed E-state index contributed by atoms with van der Waals surface area (Å²) in [7, 11) is 0. The van der Waals surface area contributed by atoms with Gasteiger partial charge in [0.1, 0.15) is 5.82 Å². The van der Waals surface area contributed by atoms with Crippen molar-refractivity contribution in [2.75, 3.05) is 0 Å². The summed E-state index contributed by atoms with van der Waals surface area (Å²) in [6.45, 7) is 0. The van der Waals surface area contributed by atoms with E-state index < -0.39 is 0 Å². The molecule has 0 amide bonds. The largest absolute Gasteiger partial charge is 0.285 e. The third-order valence-electron chi connectivity index (χ3n) is 2.36. The molecule has 15 heavy (non-hydrogen) atoms. The van der Waals surface area contributed by atoms with Gasteiger partial charge in [0.15, 0.2) is 0 Å². The van der Waals surface area contributed by atoms with Crippen molar-refractivity contribution >= 4 is 10.9 Å². The molecule has 0 aliphatic rings. The standard InChI is InChI=1S/C10H7FN4/c11-8-1-2-9-7(5-14-15-9)10(8)6-3-12-13-4-6/h1-5H,(H,12,13)(H,14,15). The number of aromatic nitrogens is 4. The molecule has 4 nitrogen and oxygen atoms in total. The average molecular weight is 202 g/mol. The Labute approximate surface area is 84.1 Å². The maximum Gasteiger partial charge on any atom is 0.131 e. The maximum atomic E-state index is 13.7. The van der Waals surface area contributed by atoms with E-state index in [4.69, 9.17) is 0 Å². The van der Waals surface area contributed by atoms with E-state index in [9.17, 15) is 4.39 Å². The fraction of sp³-hybridized carbons (Fsp3) is 0. The lowest BCUT2D eigenvalue weighted by Crippen LogP contribution is -1.83. The zero-order chi connectivity index (χ0) is 10.3. The molecule has 0 spiro atoms. The van der Waals surface area contributed by atoms with Crippen LogP contribution in [0.2, 0.25) is 0 Å². The number of halogens is 1. The predicted octanol–water partition coefficient (Wildman–Crippen LogP) is 2.09. The first-order valence-electron chi connectivity index (χ1n) is 4.47. The van der Waals surface area contributed by atoms with Crippen LogP contribution in [0, 0.1) is 5.82 Å². The molecule has 0 fully saturated rings. The van der Waals surface area contributed by atoms with Gasteiger partial charge in [0, 0.05) is 22.7 Å². The summed E-state index contributed by atoms with van der Waals surface area (Å²) < 4.78 is 13.7. The van der Waals surface area contributed by atoms with Gasteiger partial charge >= 0.3 is 0 Å². The van der Waals surface area contributed by atoms with Gasteiger partial charge in [-0.15, -0.1) is 0 Å². The molecule has 0 radical (unpaired) electrons. The van der Waals surface area contributed by atoms with Crippen molar-refractivity contribution in [1.29, 1.82) is 0 Å². The molecule has 0 atom stereocenters. The second-order valence-electron chi connectivity index (χ2n) is 3.24. The Bertz CT molecular complexity index is 597. The van der Waals surface area contributed by atoms with Crippen LogP contribution in [-0.4, -0.2) is 20.4 Å². The van der Waals surface area contributed by atoms with Gasteiger partial charge in [0.05, 0.1) is 17.9 Å². The zero-order valence-electron chi connectivity index (χ0n) is 7.66. The van der Waals surface area contributed by atoms with Gasteiger partial charge in [-0.3, -0.25) is 10.2 Å². The van der Waals surface area contributed by atoms with Crippen LogP contribution in [0.3, 0.4) is 0 Å². The molecule has 2 heterocycles. The minimum atomic E-state index is -0.273. The highest BCUT2D eigenvalue weighted by Crippen LogP contribution is 2.29. The first-order valence-corrected chi connectivity index (χ1v) is 4.47. The van der Waals surface area contributed by atoms with Gasteiger partial charge in [-0.2, -0.15) is 10.2 Å². The van der Waals surface area contributed by atoms with Crippen molar-refractivity contribution in [1.82, 2.24) is 20.4 Å². The van der Waals surface area contributed by atoms with Gasteiger partial charge < -0.3 is 0 Å². The summed E-state index contributed by atoms with van der Waals surface area (Å²) in [5, 5.41) is 13.9. The molecule has 3 rings (SSSR count). The van der Waals surface area contributed by atoms with Crippen molar-refractivity contribution in [3.8, 4) is 11.1 Å². The number of aromatic amines is 2. The fourth-order valence-electron chi connectivity index (χ4n) is 1.67. The summed E-state index contributed by atoms with van der Waals surface area (Å²) in [5.74, 6) is -0.273. The summed E-state index contributed by atoms with van der Waals surface area (Å²) in [6, 6.07) is 3.09. The summed E-state index contributed by atoms with van der Waals surface area (Å²) >= 11 is 0. The number of hydrogen-bond acceptors (Lipinski definition) is 2. The lowest BCUT2D eigenvalue weighted by molar-refractivity contribution is 0.633. The minimum absolute atomic E-state index is 0.273. The van der Waals surface area contributed by atoms with Crippen LogP contribution in [0.5, 0.6) is 0 Å². The van der Waals surface area contributed by atoms with Gasteiger partial charge in [-0.05, 0) is 12.1 Å². The number of hydrogen-bond donors (Lipinski definition) is 2. The molecule has 74 valence electrons. The Balaban J connectivity index is 2.41. The van der Waals surface area contributed by atoms with E-state index in [0.29, 0.717) is 5.56 Å². The Hall–Kier alpha value is -2.17. The van der Waals surface area contributed by atoms with E-state index in [2.05, 4.69) is 20.4 Å². The SMILES string of the molecule is Fc1ccc2[nH]ncc2c1-c1cn[nH]c1. The quantitative estimate of drug-likeness (QED) is 0.634. The second kappa shape index (κ2) is 2.91. The molecule has 0 saturated carbocycles. The predicted molar refractivity (Wildman–Crippen MR) is 53.6 cm³/mol. The highest BCUT2D eigenvalue weighted by molar-refractivity contribution is 5.94. The van der Waals surface area contributed by atoms with E-state index in [1.165, 1.54) is 6.07 Å².